The van der Waals surface area contributed by atoms with Crippen LogP contribution in [0.25, 0.3) is 0 Å². The molecule has 0 nitrogen and oxygen atoms in total. The predicted octanol–water partition coefficient (Wildman–Crippen LogP) is 5.04. The summed E-state index contributed by atoms with van der Waals surface area (Å²) in [5, 5.41) is 0. The van der Waals surface area contributed by atoms with Crippen molar-refractivity contribution in [1.82, 2.24) is 0 Å². The van der Waals surface area contributed by atoms with Crippen molar-refractivity contribution in [3.63, 3.8) is 0 Å². The molecule has 0 saturated heterocycles. The van der Waals surface area contributed by atoms with E-state index in [0.29, 0.717) is 0 Å². The Morgan fingerprint density at radius 2 is 1.86 bits per heavy atom. The van der Waals surface area contributed by atoms with Crippen LogP contribution in [0.1, 0.15) is 30.0 Å². The van der Waals surface area contributed by atoms with E-state index in [-0.39, 0.29) is 0 Å². The summed E-state index contributed by atoms with van der Waals surface area (Å²) in [6, 6.07) is 4.58. The zero-order valence-electron chi connectivity index (χ0n) is 8.70. The van der Waals surface area contributed by atoms with Crippen LogP contribution in [-0.2, 0) is 24.6 Å². The summed E-state index contributed by atoms with van der Waals surface area (Å²) in [4.78, 5) is 0. The molecule has 0 saturated carbocycles. The molecule has 81 valence electrons. The minimum atomic E-state index is -2.13. The maximum absolute atomic E-state index is 5.00. The normalized spacial score (nSPS) is 9.29. The van der Waals surface area contributed by atoms with Gasteiger partial charge in [-0.3, -0.25) is 0 Å². The van der Waals surface area contributed by atoms with Crippen molar-refractivity contribution in [2.24, 2.45) is 0 Å². The van der Waals surface area contributed by atoms with Crippen LogP contribution in [0.3, 0.4) is 0 Å². The Morgan fingerprint density at radius 1 is 1.36 bits per heavy atom. The number of hydrogen-bond acceptors (Lipinski definition) is 0. The van der Waals surface area contributed by atoms with Crippen LogP contribution in [0.4, 0.5) is 0 Å². The molecule has 0 aliphatic carbocycles. The first-order chi connectivity index (χ1) is 6.47. The molecule has 1 aromatic carbocycles. The number of rotatable bonds is 2. The Balaban J connectivity index is 0.000000364. The molecule has 0 N–H and O–H groups in total. The summed E-state index contributed by atoms with van der Waals surface area (Å²) in [7, 11) is 15.0. The van der Waals surface area contributed by atoms with Gasteiger partial charge < -0.3 is 0 Å². The van der Waals surface area contributed by atoms with Gasteiger partial charge in [-0.1, -0.05) is 33.6 Å². The SMILES string of the molecule is CCCc1cc(C)[c-](C)c1.[Cl][Zr]([Cl])[Cl]. The van der Waals surface area contributed by atoms with Crippen LogP contribution in [0.2, 0.25) is 0 Å². The molecule has 0 aliphatic rings. The minimum absolute atomic E-state index is 1.23. The third-order valence-corrected chi connectivity index (χ3v) is 1.96. The molecule has 4 heteroatoms. The first-order valence-electron chi connectivity index (χ1n) is 4.53. The average molecular weight is 333 g/mol. The molecule has 0 aliphatic heterocycles. The summed E-state index contributed by atoms with van der Waals surface area (Å²) in [5.74, 6) is 0. The van der Waals surface area contributed by atoms with Crippen LogP contribution in [-0.4, -0.2) is 0 Å². The molecule has 14 heavy (non-hydrogen) atoms. The van der Waals surface area contributed by atoms with E-state index in [1.165, 1.54) is 29.5 Å². The van der Waals surface area contributed by atoms with Gasteiger partial charge in [0.15, 0.2) is 0 Å². The number of halogens is 3. The van der Waals surface area contributed by atoms with Crippen LogP contribution in [0, 0.1) is 13.8 Å². The standard InChI is InChI=1S/C10H15.3ClH.Zr/c1-4-5-10-6-8(2)9(3)7-10;;;;/h6-7H,4-5H2,1-3H3;3*1H;/q-1;;;;+3/p-3. The fourth-order valence-corrected chi connectivity index (χ4v) is 1.26. The van der Waals surface area contributed by atoms with E-state index in [0.717, 1.165) is 0 Å². The molecular formula is C10H15Cl3Zr-. The van der Waals surface area contributed by atoms with Gasteiger partial charge >= 0.3 is 43.7 Å². The number of aryl methyl sites for hydroxylation is 3. The van der Waals surface area contributed by atoms with E-state index in [1.807, 2.05) is 0 Å². The topological polar surface area (TPSA) is 0 Å². The second kappa shape index (κ2) is 8.28. The Labute approximate surface area is 105 Å². The maximum atomic E-state index is 5.00. The van der Waals surface area contributed by atoms with Crippen LogP contribution in [0.5, 0.6) is 0 Å². The number of hydrogen-bond donors (Lipinski definition) is 0. The van der Waals surface area contributed by atoms with Crippen molar-refractivity contribution in [2.45, 2.75) is 33.6 Å². The van der Waals surface area contributed by atoms with Gasteiger partial charge in [0.1, 0.15) is 0 Å². The van der Waals surface area contributed by atoms with E-state index < -0.39 is 18.2 Å². The van der Waals surface area contributed by atoms with Crippen molar-refractivity contribution in [2.75, 3.05) is 0 Å². The van der Waals surface area contributed by atoms with Crippen LogP contribution < -0.4 is 0 Å². The molecule has 0 spiro atoms. The molecule has 0 fully saturated rings. The molecule has 0 radical (unpaired) electrons. The van der Waals surface area contributed by atoms with Crippen LogP contribution in [0.15, 0.2) is 12.1 Å². The quantitative estimate of drug-likeness (QED) is 0.665. The third-order valence-electron chi connectivity index (χ3n) is 1.96. The average Bonchev–Trinajstić information content (AvgIpc) is 2.30. The fourth-order valence-electron chi connectivity index (χ4n) is 1.26. The molecular weight excluding hydrogens is 318 g/mol. The molecule has 0 aromatic heterocycles. The zero-order valence-corrected chi connectivity index (χ0v) is 13.4. The summed E-state index contributed by atoms with van der Waals surface area (Å²) < 4.78 is 0. The van der Waals surface area contributed by atoms with Gasteiger partial charge in [-0.15, -0.1) is 0 Å². The summed E-state index contributed by atoms with van der Waals surface area (Å²) in [6.45, 7) is 6.57. The summed E-state index contributed by atoms with van der Waals surface area (Å²) in [5.41, 5.74) is 4.37. The second-order valence-corrected chi connectivity index (χ2v) is 14.4. The second-order valence-electron chi connectivity index (χ2n) is 3.19. The van der Waals surface area contributed by atoms with E-state index in [1.54, 1.807) is 0 Å². The molecule has 0 amide bonds. The molecule has 1 rings (SSSR count). The van der Waals surface area contributed by atoms with Gasteiger partial charge in [0, 0.05) is 0 Å². The zero-order chi connectivity index (χ0) is 11.1. The third kappa shape index (κ3) is 7.40. The molecule has 0 atom stereocenters. The molecule has 1 aromatic rings. The van der Waals surface area contributed by atoms with Crippen molar-refractivity contribution in [1.29, 1.82) is 0 Å². The van der Waals surface area contributed by atoms with Gasteiger partial charge in [-0.05, 0) is 0 Å². The van der Waals surface area contributed by atoms with Gasteiger partial charge in [-0.25, -0.2) is 6.07 Å². The first kappa shape index (κ1) is 15.1. The van der Waals surface area contributed by atoms with Gasteiger partial charge in [0.25, 0.3) is 0 Å². The van der Waals surface area contributed by atoms with Crippen molar-refractivity contribution < 1.29 is 18.2 Å². The fraction of sp³-hybridized carbons (Fsp3) is 0.500. The predicted molar refractivity (Wildman–Crippen MR) is 63.1 cm³/mol. The van der Waals surface area contributed by atoms with Crippen molar-refractivity contribution in [3.05, 3.63) is 28.8 Å². The van der Waals surface area contributed by atoms with Crippen LogP contribution >= 0.6 is 25.5 Å². The Bertz CT molecular complexity index is 234. The van der Waals surface area contributed by atoms with E-state index in [4.69, 9.17) is 25.5 Å². The van der Waals surface area contributed by atoms with Gasteiger partial charge in [0.05, 0.1) is 0 Å². The summed E-state index contributed by atoms with van der Waals surface area (Å²) >= 11 is -2.13. The molecule has 0 bridgehead atoms. The van der Waals surface area contributed by atoms with Gasteiger partial charge in [-0.2, -0.15) is 22.8 Å². The molecule has 0 heterocycles. The Hall–Kier alpha value is 1.10. The Kier molecular flexibility index (Phi) is 8.93. The van der Waals surface area contributed by atoms with Crippen molar-refractivity contribution >= 4 is 25.5 Å². The monoisotopic (exact) mass is 330 g/mol. The van der Waals surface area contributed by atoms with E-state index in [2.05, 4.69) is 32.9 Å². The molecule has 0 unspecified atom stereocenters. The Morgan fingerprint density at radius 3 is 2.14 bits per heavy atom. The van der Waals surface area contributed by atoms with E-state index >= 15 is 0 Å². The summed E-state index contributed by atoms with van der Waals surface area (Å²) in [6.07, 6.45) is 2.48. The van der Waals surface area contributed by atoms with E-state index in [9.17, 15) is 0 Å². The first-order valence-corrected chi connectivity index (χ1v) is 14.0. The van der Waals surface area contributed by atoms with Crippen molar-refractivity contribution in [3.8, 4) is 0 Å². The van der Waals surface area contributed by atoms with Gasteiger partial charge in [0.2, 0.25) is 0 Å².